The molecule has 112 valence electrons. The summed E-state index contributed by atoms with van der Waals surface area (Å²) in [5.74, 6) is 0. The second kappa shape index (κ2) is 7.48. The molecule has 0 bridgehead atoms. The van der Waals surface area contributed by atoms with E-state index in [1.165, 1.54) is 16.8 Å². The Balaban J connectivity index is 2.00. The summed E-state index contributed by atoms with van der Waals surface area (Å²) in [7, 11) is 4.11. The van der Waals surface area contributed by atoms with Crippen LogP contribution in [-0.2, 0) is 0 Å². The average Bonchev–Trinajstić information content (AvgIpc) is 2.50. The van der Waals surface area contributed by atoms with E-state index in [0.29, 0.717) is 0 Å². The minimum atomic E-state index is 0.270. The van der Waals surface area contributed by atoms with Crippen LogP contribution >= 0.6 is 11.6 Å². The Hall–Kier alpha value is -1.51. The maximum Gasteiger partial charge on any atom is 0.0453 e. The molecular weight excluding hydrogens is 280 g/mol. The molecule has 1 N–H and O–H groups in total. The molecule has 1 atom stereocenters. The van der Waals surface area contributed by atoms with Crippen molar-refractivity contribution in [3.63, 3.8) is 0 Å². The van der Waals surface area contributed by atoms with Gasteiger partial charge in [0, 0.05) is 30.3 Å². The van der Waals surface area contributed by atoms with Crippen LogP contribution in [0.3, 0.4) is 0 Å². The SMILES string of the molecule is CNC(CCN(C)c1ccc(C)cc1)c1ccccc1Cl. The van der Waals surface area contributed by atoms with Crippen LogP contribution in [-0.4, -0.2) is 20.6 Å². The minimum Gasteiger partial charge on any atom is -0.375 e. The van der Waals surface area contributed by atoms with Crippen LogP contribution in [0.25, 0.3) is 0 Å². The molecule has 0 aromatic heterocycles. The van der Waals surface area contributed by atoms with Crippen LogP contribution in [0.15, 0.2) is 48.5 Å². The second-order valence-electron chi connectivity index (χ2n) is 5.41. The quantitative estimate of drug-likeness (QED) is 0.849. The molecule has 2 aromatic rings. The number of rotatable bonds is 6. The van der Waals surface area contributed by atoms with E-state index in [1.807, 2.05) is 25.2 Å². The number of hydrogen-bond donors (Lipinski definition) is 1. The van der Waals surface area contributed by atoms with E-state index in [2.05, 4.69) is 54.5 Å². The third-order valence-electron chi connectivity index (χ3n) is 3.86. The van der Waals surface area contributed by atoms with Crippen LogP contribution in [0.2, 0.25) is 5.02 Å². The van der Waals surface area contributed by atoms with E-state index in [1.54, 1.807) is 0 Å². The lowest BCUT2D eigenvalue weighted by Crippen LogP contribution is -2.25. The van der Waals surface area contributed by atoms with Gasteiger partial charge in [-0.3, -0.25) is 0 Å². The molecule has 3 heteroatoms. The minimum absolute atomic E-state index is 0.270. The summed E-state index contributed by atoms with van der Waals surface area (Å²) < 4.78 is 0. The van der Waals surface area contributed by atoms with Crippen molar-refractivity contribution in [2.24, 2.45) is 0 Å². The van der Waals surface area contributed by atoms with Crippen LogP contribution < -0.4 is 10.2 Å². The fourth-order valence-corrected chi connectivity index (χ4v) is 2.73. The van der Waals surface area contributed by atoms with Crippen LogP contribution in [0.4, 0.5) is 5.69 Å². The fraction of sp³-hybridized carbons (Fsp3) is 0.333. The summed E-state index contributed by atoms with van der Waals surface area (Å²) in [5, 5.41) is 4.19. The zero-order chi connectivity index (χ0) is 15.2. The van der Waals surface area contributed by atoms with Crippen molar-refractivity contribution >= 4 is 17.3 Å². The van der Waals surface area contributed by atoms with Gasteiger partial charge < -0.3 is 10.2 Å². The third kappa shape index (κ3) is 4.23. The topological polar surface area (TPSA) is 15.3 Å². The molecule has 0 aliphatic rings. The highest BCUT2D eigenvalue weighted by Gasteiger charge is 2.13. The van der Waals surface area contributed by atoms with E-state index >= 15 is 0 Å². The van der Waals surface area contributed by atoms with Gasteiger partial charge in [-0.2, -0.15) is 0 Å². The first kappa shape index (κ1) is 15.9. The van der Waals surface area contributed by atoms with Crippen molar-refractivity contribution in [3.8, 4) is 0 Å². The zero-order valence-electron chi connectivity index (χ0n) is 12.9. The van der Waals surface area contributed by atoms with Crippen molar-refractivity contribution in [2.75, 3.05) is 25.5 Å². The number of aryl methyl sites for hydroxylation is 1. The van der Waals surface area contributed by atoms with Crippen LogP contribution in [0.5, 0.6) is 0 Å². The highest BCUT2D eigenvalue weighted by Crippen LogP contribution is 2.25. The van der Waals surface area contributed by atoms with Crippen molar-refractivity contribution in [3.05, 3.63) is 64.7 Å². The van der Waals surface area contributed by atoms with Gasteiger partial charge in [0.05, 0.1) is 0 Å². The Labute approximate surface area is 132 Å². The molecular formula is C18H23ClN2. The normalized spacial score (nSPS) is 12.2. The monoisotopic (exact) mass is 302 g/mol. The summed E-state index contributed by atoms with van der Waals surface area (Å²) in [5.41, 5.74) is 3.70. The predicted molar refractivity (Wildman–Crippen MR) is 92.3 cm³/mol. The van der Waals surface area contributed by atoms with Gasteiger partial charge in [0.15, 0.2) is 0 Å². The Bertz CT molecular complexity index is 566. The summed E-state index contributed by atoms with van der Waals surface area (Å²) in [6, 6.07) is 16.9. The largest absolute Gasteiger partial charge is 0.375 e. The first-order valence-corrected chi connectivity index (χ1v) is 7.69. The smallest absolute Gasteiger partial charge is 0.0453 e. The zero-order valence-corrected chi connectivity index (χ0v) is 13.7. The first-order chi connectivity index (χ1) is 10.1. The number of anilines is 1. The first-order valence-electron chi connectivity index (χ1n) is 7.31. The number of nitrogens with zero attached hydrogens (tertiary/aromatic N) is 1. The van der Waals surface area contributed by atoms with E-state index in [9.17, 15) is 0 Å². The standard InChI is InChI=1S/C18H23ClN2/c1-14-8-10-15(11-9-14)21(3)13-12-18(20-2)16-6-4-5-7-17(16)19/h4-11,18,20H,12-13H2,1-3H3. The van der Waals surface area contributed by atoms with E-state index in [-0.39, 0.29) is 6.04 Å². The molecule has 0 aliphatic heterocycles. The molecule has 0 amide bonds. The summed E-state index contributed by atoms with van der Waals surface area (Å²) >= 11 is 6.29. The number of nitrogens with one attached hydrogen (secondary N) is 1. The maximum atomic E-state index is 6.29. The molecule has 2 rings (SSSR count). The number of halogens is 1. The Morgan fingerprint density at radius 2 is 1.76 bits per heavy atom. The highest BCUT2D eigenvalue weighted by atomic mass is 35.5. The summed E-state index contributed by atoms with van der Waals surface area (Å²) in [6.07, 6.45) is 1.00. The van der Waals surface area contributed by atoms with E-state index in [0.717, 1.165) is 18.0 Å². The number of hydrogen-bond acceptors (Lipinski definition) is 2. The van der Waals surface area contributed by atoms with Crippen LogP contribution in [0, 0.1) is 6.92 Å². The fourth-order valence-electron chi connectivity index (χ4n) is 2.46. The molecule has 0 spiro atoms. The van der Waals surface area contributed by atoms with Gasteiger partial charge in [-0.05, 0) is 44.2 Å². The molecule has 1 unspecified atom stereocenters. The van der Waals surface area contributed by atoms with Crippen molar-refractivity contribution in [2.45, 2.75) is 19.4 Å². The lowest BCUT2D eigenvalue weighted by Gasteiger charge is -2.24. The van der Waals surface area contributed by atoms with E-state index in [4.69, 9.17) is 11.6 Å². The molecule has 0 saturated carbocycles. The lowest BCUT2D eigenvalue weighted by molar-refractivity contribution is 0.549. The molecule has 0 fully saturated rings. The highest BCUT2D eigenvalue weighted by molar-refractivity contribution is 6.31. The Kier molecular flexibility index (Phi) is 5.66. The summed E-state index contributed by atoms with van der Waals surface area (Å²) in [4.78, 5) is 2.28. The van der Waals surface area contributed by atoms with Gasteiger partial charge in [0.2, 0.25) is 0 Å². The lowest BCUT2D eigenvalue weighted by atomic mass is 10.0. The molecule has 0 saturated heterocycles. The van der Waals surface area contributed by atoms with E-state index < -0.39 is 0 Å². The molecule has 2 nitrogen and oxygen atoms in total. The van der Waals surface area contributed by atoms with Gasteiger partial charge in [-0.1, -0.05) is 47.5 Å². The molecule has 0 heterocycles. The van der Waals surface area contributed by atoms with Gasteiger partial charge >= 0.3 is 0 Å². The van der Waals surface area contributed by atoms with Gasteiger partial charge in [-0.25, -0.2) is 0 Å². The molecule has 0 aliphatic carbocycles. The van der Waals surface area contributed by atoms with Gasteiger partial charge in [-0.15, -0.1) is 0 Å². The molecule has 21 heavy (non-hydrogen) atoms. The Morgan fingerprint density at radius 3 is 2.38 bits per heavy atom. The Morgan fingerprint density at radius 1 is 1.10 bits per heavy atom. The van der Waals surface area contributed by atoms with Crippen molar-refractivity contribution in [1.82, 2.24) is 5.32 Å². The van der Waals surface area contributed by atoms with Crippen molar-refractivity contribution in [1.29, 1.82) is 0 Å². The predicted octanol–water partition coefficient (Wildman–Crippen LogP) is 4.44. The maximum absolute atomic E-state index is 6.29. The van der Waals surface area contributed by atoms with Gasteiger partial charge in [0.25, 0.3) is 0 Å². The third-order valence-corrected chi connectivity index (χ3v) is 4.20. The molecule has 2 aromatic carbocycles. The summed E-state index contributed by atoms with van der Waals surface area (Å²) in [6.45, 7) is 3.08. The average molecular weight is 303 g/mol. The number of benzene rings is 2. The van der Waals surface area contributed by atoms with Crippen molar-refractivity contribution < 1.29 is 0 Å². The van der Waals surface area contributed by atoms with Gasteiger partial charge in [0.1, 0.15) is 0 Å². The van der Waals surface area contributed by atoms with Crippen LogP contribution in [0.1, 0.15) is 23.6 Å². The second-order valence-corrected chi connectivity index (χ2v) is 5.82. The molecule has 0 radical (unpaired) electrons.